The summed E-state index contributed by atoms with van der Waals surface area (Å²) in [6.07, 6.45) is 10.9. The molecule has 2 atom stereocenters. The highest BCUT2D eigenvalue weighted by atomic mass is 32.1. The highest BCUT2D eigenvalue weighted by Crippen LogP contribution is 2.28. The van der Waals surface area contributed by atoms with Gasteiger partial charge in [-0.2, -0.15) is 0 Å². The van der Waals surface area contributed by atoms with Crippen molar-refractivity contribution in [3.63, 3.8) is 0 Å². The lowest BCUT2D eigenvalue weighted by Crippen LogP contribution is -2.44. The Morgan fingerprint density at radius 2 is 1.97 bits per heavy atom. The van der Waals surface area contributed by atoms with Crippen LogP contribution in [0, 0.1) is 5.92 Å². The second kappa shape index (κ2) is 9.71. The van der Waals surface area contributed by atoms with E-state index in [4.69, 9.17) is 0 Å². The van der Waals surface area contributed by atoms with Crippen molar-refractivity contribution in [2.75, 3.05) is 37.6 Å². The molecule has 0 unspecified atom stereocenters. The van der Waals surface area contributed by atoms with Crippen molar-refractivity contribution < 1.29 is 4.79 Å². The minimum Gasteiger partial charge on any atom is -0.356 e. The molecule has 2 aliphatic rings. The molecule has 158 valence electrons. The van der Waals surface area contributed by atoms with E-state index in [1.807, 2.05) is 29.1 Å². The Morgan fingerprint density at radius 1 is 1.14 bits per heavy atom. The van der Waals surface area contributed by atoms with Crippen LogP contribution < -0.4 is 10.2 Å². The van der Waals surface area contributed by atoms with Crippen LogP contribution in [0.4, 0.5) is 5.13 Å². The molecule has 29 heavy (non-hydrogen) atoms. The van der Waals surface area contributed by atoms with Gasteiger partial charge in [0.2, 0.25) is 16.2 Å². The molecule has 2 aromatic rings. The molecule has 0 aromatic carbocycles. The largest absolute Gasteiger partial charge is 0.356 e. The molecule has 0 bridgehead atoms. The SMILES string of the molecule is C[C@H]1CCCCN1CCCNC(=O)[C@H]1CCCN(c2nnc(-n3cccc3)s2)C1. The predicted molar refractivity (Wildman–Crippen MR) is 117 cm³/mol. The van der Waals surface area contributed by atoms with E-state index >= 15 is 0 Å². The molecule has 8 heteroatoms. The fourth-order valence-corrected chi connectivity index (χ4v) is 5.24. The van der Waals surface area contributed by atoms with Crippen molar-refractivity contribution in [2.24, 2.45) is 5.92 Å². The summed E-state index contributed by atoms with van der Waals surface area (Å²) in [6, 6.07) is 4.65. The van der Waals surface area contributed by atoms with Gasteiger partial charge in [-0.25, -0.2) is 0 Å². The normalized spacial score (nSPS) is 23.3. The zero-order valence-corrected chi connectivity index (χ0v) is 18.1. The maximum absolute atomic E-state index is 12.7. The number of carbonyl (C=O) groups is 1. The fourth-order valence-electron chi connectivity index (χ4n) is 4.39. The number of nitrogens with zero attached hydrogens (tertiary/aromatic N) is 5. The van der Waals surface area contributed by atoms with Crippen LogP contribution in [0.3, 0.4) is 0 Å². The van der Waals surface area contributed by atoms with Crippen LogP contribution in [-0.2, 0) is 4.79 Å². The van der Waals surface area contributed by atoms with Crippen molar-refractivity contribution in [3.8, 4) is 5.13 Å². The number of hydrogen-bond donors (Lipinski definition) is 1. The highest BCUT2D eigenvalue weighted by Gasteiger charge is 2.27. The molecule has 7 nitrogen and oxygen atoms in total. The second-order valence-electron chi connectivity index (χ2n) is 8.27. The van der Waals surface area contributed by atoms with E-state index in [0.717, 1.165) is 55.7 Å². The molecule has 2 fully saturated rings. The van der Waals surface area contributed by atoms with Gasteiger partial charge >= 0.3 is 0 Å². The summed E-state index contributed by atoms with van der Waals surface area (Å²) in [5, 5.41) is 13.6. The van der Waals surface area contributed by atoms with Crippen LogP contribution >= 0.6 is 11.3 Å². The fraction of sp³-hybridized carbons (Fsp3) is 0.667. The van der Waals surface area contributed by atoms with Gasteiger partial charge in [-0.05, 0) is 57.7 Å². The van der Waals surface area contributed by atoms with Crippen LogP contribution in [0.1, 0.15) is 45.4 Å². The Kier molecular flexibility index (Phi) is 6.82. The molecule has 4 heterocycles. The maximum atomic E-state index is 12.7. The van der Waals surface area contributed by atoms with Gasteiger partial charge in [0.1, 0.15) is 0 Å². The van der Waals surface area contributed by atoms with Gasteiger partial charge in [0.05, 0.1) is 5.92 Å². The van der Waals surface area contributed by atoms with Crippen LogP contribution in [-0.4, -0.2) is 64.3 Å². The molecule has 2 saturated heterocycles. The number of aromatic nitrogens is 3. The number of anilines is 1. The first-order chi connectivity index (χ1) is 14.2. The molecule has 0 radical (unpaired) electrons. The van der Waals surface area contributed by atoms with Crippen molar-refractivity contribution in [1.29, 1.82) is 0 Å². The first-order valence-electron chi connectivity index (χ1n) is 10.9. The van der Waals surface area contributed by atoms with Crippen molar-refractivity contribution in [2.45, 2.75) is 51.5 Å². The quantitative estimate of drug-likeness (QED) is 0.703. The number of amides is 1. The first kappa shape index (κ1) is 20.3. The summed E-state index contributed by atoms with van der Waals surface area (Å²) in [7, 11) is 0. The number of rotatable bonds is 7. The molecular formula is C21H32N6OS. The van der Waals surface area contributed by atoms with Gasteiger partial charge in [-0.15, -0.1) is 10.2 Å². The number of carbonyl (C=O) groups excluding carboxylic acids is 1. The minimum atomic E-state index is 0.0385. The van der Waals surface area contributed by atoms with E-state index in [1.165, 1.54) is 25.8 Å². The van der Waals surface area contributed by atoms with Crippen molar-refractivity contribution >= 4 is 22.4 Å². The second-order valence-corrected chi connectivity index (χ2v) is 9.20. The molecule has 2 aromatic heterocycles. The van der Waals surface area contributed by atoms with E-state index in [1.54, 1.807) is 11.3 Å². The summed E-state index contributed by atoms with van der Waals surface area (Å²) < 4.78 is 1.97. The van der Waals surface area contributed by atoms with Crippen LogP contribution in [0.15, 0.2) is 24.5 Å². The summed E-state index contributed by atoms with van der Waals surface area (Å²) in [5.41, 5.74) is 0. The summed E-state index contributed by atoms with van der Waals surface area (Å²) in [4.78, 5) is 17.5. The summed E-state index contributed by atoms with van der Waals surface area (Å²) >= 11 is 1.58. The highest BCUT2D eigenvalue weighted by molar-refractivity contribution is 7.17. The maximum Gasteiger partial charge on any atom is 0.224 e. The number of hydrogen-bond acceptors (Lipinski definition) is 6. The minimum absolute atomic E-state index is 0.0385. The third-order valence-electron chi connectivity index (χ3n) is 6.15. The van der Waals surface area contributed by atoms with Gasteiger partial charge in [0.15, 0.2) is 0 Å². The van der Waals surface area contributed by atoms with Crippen molar-refractivity contribution in [3.05, 3.63) is 24.5 Å². The monoisotopic (exact) mass is 416 g/mol. The van der Waals surface area contributed by atoms with Crippen molar-refractivity contribution in [1.82, 2.24) is 25.0 Å². The predicted octanol–water partition coefficient (Wildman–Crippen LogP) is 2.93. The summed E-state index contributed by atoms with van der Waals surface area (Å²) in [5.74, 6) is 0.230. The molecule has 0 aliphatic carbocycles. The zero-order valence-electron chi connectivity index (χ0n) is 17.3. The lowest BCUT2D eigenvalue weighted by atomic mass is 9.97. The van der Waals surface area contributed by atoms with E-state index in [2.05, 4.69) is 32.2 Å². The number of nitrogens with one attached hydrogen (secondary N) is 1. The van der Waals surface area contributed by atoms with Crippen LogP contribution in [0.2, 0.25) is 0 Å². The topological polar surface area (TPSA) is 66.3 Å². The van der Waals surface area contributed by atoms with Gasteiger partial charge in [0, 0.05) is 44.6 Å². The van der Waals surface area contributed by atoms with Gasteiger partial charge < -0.3 is 15.1 Å². The van der Waals surface area contributed by atoms with E-state index in [-0.39, 0.29) is 11.8 Å². The van der Waals surface area contributed by atoms with E-state index < -0.39 is 0 Å². The van der Waals surface area contributed by atoms with Gasteiger partial charge in [-0.1, -0.05) is 17.8 Å². The Balaban J connectivity index is 1.23. The van der Waals surface area contributed by atoms with Crippen LogP contribution in [0.5, 0.6) is 0 Å². The molecule has 0 spiro atoms. The molecular weight excluding hydrogens is 384 g/mol. The van der Waals surface area contributed by atoms with Gasteiger partial charge in [-0.3, -0.25) is 9.36 Å². The molecule has 2 aliphatic heterocycles. The average Bonchev–Trinajstić information content (AvgIpc) is 3.44. The van der Waals surface area contributed by atoms with Gasteiger partial charge in [0.25, 0.3) is 0 Å². The number of likely N-dealkylation sites (tertiary alicyclic amines) is 1. The zero-order chi connectivity index (χ0) is 20.1. The third kappa shape index (κ3) is 5.17. The molecule has 1 amide bonds. The van der Waals surface area contributed by atoms with E-state index in [0.29, 0.717) is 6.04 Å². The summed E-state index contributed by atoms with van der Waals surface area (Å²) in [6.45, 7) is 7.07. The Labute approximate surface area is 177 Å². The van der Waals surface area contributed by atoms with E-state index in [9.17, 15) is 4.79 Å². The Hall–Kier alpha value is -1.93. The smallest absolute Gasteiger partial charge is 0.224 e. The standard InChI is InChI=1S/C21H32N6OS/c1-17-8-2-3-11-25(17)15-7-10-22-19(28)18-9-6-14-27(16-18)21-24-23-20(29-21)26-12-4-5-13-26/h4-5,12-13,17-18H,2-3,6-11,14-16H2,1H3,(H,22,28)/t17-,18-/m0/s1. The first-order valence-corrected chi connectivity index (χ1v) is 11.8. The molecule has 4 rings (SSSR count). The number of piperidine rings is 2. The third-order valence-corrected chi connectivity index (χ3v) is 7.15. The Morgan fingerprint density at radius 3 is 2.79 bits per heavy atom. The average molecular weight is 417 g/mol. The lowest BCUT2D eigenvalue weighted by molar-refractivity contribution is -0.125. The Bertz CT molecular complexity index is 776. The van der Waals surface area contributed by atoms with Crippen LogP contribution in [0.25, 0.3) is 5.13 Å². The lowest BCUT2D eigenvalue weighted by Gasteiger charge is -2.33. The molecule has 1 N–H and O–H groups in total. The molecule has 0 saturated carbocycles.